The van der Waals surface area contributed by atoms with Crippen LogP contribution in [0.1, 0.15) is 34.2 Å². The van der Waals surface area contributed by atoms with Crippen LogP contribution < -0.4 is 10.6 Å². The van der Waals surface area contributed by atoms with E-state index in [4.69, 9.17) is 23.2 Å². The van der Waals surface area contributed by atoms with Gasteiger partial charge in [0.05, 0.1) is 5.41 Å². The van der Waals surface area contributed by atoms with Crippen molar-refractivity contribution in [1.82, 2.24) is 10.2 Å². The van der Waals surface area contributed by atoms with E-state index in [1.807, 2.05) is 116 Å². The smallest absolute Gasteiger partial charge is 0.250 e. The molecule has 3 aliphatic rings. The predicted octanol–water partition coefficient (Wildman–Crippen LogP) is 6.85. The monoisotopic (exact) mass is 593 g/mol. The van der Waals surface area contributed by atoms with Crippen LogP contribution in [-0.4, -0.2) is 36.7 Å². The van der Waals surface area contributed by atoms with E-state index >= 15 is 4.79 Å². The molecule has 0 bridgehead atoms. The average molecular weight is 595 g/mol. The molecule has 3 aliphatic heterocycles. The second kappa shape index (κ2) is 10.2. The molecule has 1 amide bonds. The van der Waals surface area contributed by atoms with E-state index in [1.54, 1.807) is 0 Å². The molecular formula is C35H29Cl2N3O2. The summed E-state index contributed by atoms with van der Waals surface area (Å²) in [5.74, 6) is -0.793. The number of hydrogen-bond acceptors (Lipinski definition) is 4. The molecule has 4 aromatic carbocycles. The van der Waals surface area contributed by atoms with Crippen LogP contribution in [0.15, 0.2) is 109 Å². The number of benzene rings is 4. The molecule has 210 valence electrons. The Bertz CT molecular complexity index is 1760. The number of hydrogen-bond donors (Lipinski definition) is 2. The van der Waals surface area contributed by atoms with E-state index in [1.165, 1.54) is 0 Å². The summed E-state index contributed by atoms with van der Waals surface area (Å²) in [7, 11) is 2.00. The Hall–Kier alpha value is -3.74. The second-order valence-corrected chi connectivity index (χ2v) is 12.3. The van der Waals surface area contributed by atoms with Crippen LogP contribution in [0.25, 0.3) is 6.08 Å². The lowest BCUT2D eigenvalue weighted by molar-refractivity contribution is -0.141. The summed E-state index contributed by atoms with van der Waals surface area (Å²) in [5.41, 5.74) is 2.03. The highest BCUT2D eigenvalue weighted by Gasteiger charge is 2.75. The fourth-order valence-corrected chi connectivity index (χ4v) is 7.98. The van der Waals surface area contributed by atoms with E-state index in [9.17, 15) is 4.79 Å². The Kier molecular flexibility index (Phi) is 6.59. The van der Waals surface area contributed by atoms with Crippen molar-refractivity contribution in [3.63, 3.8) is 0 Å². The van der Waals surface area contributed by atoms with Gasteiger partial charge in [-0.05, 0) is 48.0 Å². The van der Waals surface area contributed by atoms with Gasteiger partial charge in [0, 0.05) is 51.9 Å². The molecule has 2 spiro atoms. The van der Waals surface area contributed by atoms with Crippen LogP contribution in [0.2, 0.25) is 10.0 Å². The quantitative estimate of drug-likeness (QED) is 0.255. The largest absolute Gasteiger partial charge is 0.324 e. The van der Waals surface area contributed by atoms with Gasteiger partial charge in [0.25, 0.3) is 5.91 Å². The summed E-state index contributed by atoms with van der Waals surface area (Å²) in [6, 6.07) is 32.5. The molecule has 7 heteroatoms. The molecule has 0 radical (unpaired) electrons. The molecular weight excluding hydrogens is 565 g/mol. The van der Waals surface area contributed by atoms with Gasteiger partial charge in [-0.25, -0.2) is 0 Å². The number of ketones is 1. The third-order valence-corrected chi connectivity index (χ3v) is 9.80. The summed E-state index contributed by atoms with van der Waals surface area (Å²) in [4.78, 5) is 32.1. The van der Waals surface area contributed by atoms with Crippen molar-refractivity contribution in [2.75, 3.05) is 25.5 Å². The number of para-hydroxylation sites is 1. The number of likely N-dealkylation sites (tertiary alicyclic amines) is 1. The number of fused-ring (bicyclic) bond motifs is 3. The van der Waals surface area contributed by atoms with Gasteiger partial charge in [-0.15, -0.1) is 0 Å². The van der Waals surface area contributed by atoms with Gasteiger partial charge >= 0.3 is 0 Å². The minimum atomic E-state index is -1.36. The number of likely N-dealkylation sites (N-methyl/N-ethyl adjacent to an activating group) is 1. The maximum Gasteiger partial charge on any atom is 0.250 e. The van der Waals surface area contributed by atoms with E-state index in [2.05, 4.69) is 15.5 Å². The second-order valence-electron chi connectivity index (χ2n) is 11.4. The molecule has 4 aromatic rings. The Morgan fingerprint density at radius 2 is 1.50 bits per heavy atom. The zero-order valence-corrected chi connectivity index (χ0v) is 24.5. The number of rotatable bonds is 3. The Balaban J connectivity index is 1.56. The van der Waals surface area contributed by atoms with Crippen molar-refractivity contribution >= 4 is 46.7 Å². The molecule has 3 heterocycles. The fraction of sp³-hybridized carbons (Fsp3) is 0.200. The molecule has 4 atom stereocenters. The first-order valence-corrected chi connectivity index (χ1v) is 14.8. The van der Waals surface area contributed by atoms with Crippen molar-refractivity contribution < 1.29 is 9.59 Å². The molecule has 2 fully saturated rings. The number of nitrogens with zero attached hydrogens (tertiary/aromatic N) is 1. The van der Waals surface area contributed by atoms with Gasteiger partial charge in [0.1, 0.15) is 5.54 Å². The Morgan fingerprint density at radius 3 is 2.26 bits per heavy atom. The lowest BCUT2D eigenvalue weighted by Crippen LogP contribution is -2.65. The van der Waals surface area contributed by atoms with Crippen LogP contribution in [0, 0.1) is 5.41 Å². The van der Waals surface area contributed by atoms with Gasteiger partial charge < -0.3 is 10.2 Å². The van der Waals surface area contributed by atoms with Crippen molar-refractivity contribution in [2.45, 2.75) is 17.5 Å². The van der Waals surface area contributed by atoms with Gasteiger partial charge in [-0.1, -0.05) is 108 Å². The average Bonchev–Trinajstić information content (AvgIpc) is 3.45. The Morgan fingerprint density at radius 1 is 0.833 bits per heavy atom. The number of piperidine rings is 1. The number of Topliss-reactive ketones (excluding diaryl/α,β-unsaturated/α-hetero) is 1. The van der Waals surface area contributed by atoms with Crippen molar-refractivity contribution in [1.29, 1.82) is 0 Å². The normalized spacial score (nSPS) is 28.0. The molecule has 7 rings (SSSR count). The summed E-state index contributed by atoms with van der Waals surface area (Å²) in [6.45, 7) is 0.774. The van der Waals surface area contributed by atoms with Crippen LogP contribution in [0.4, 0.5) is 5.69 Å². The highest BCUT2D eigenvalue weighted by molar-refractivity contribution is 6.32. The number of carbonyl (C=O) groups is 2. The molecule has 2 N–H and O–H groups in total. The first kappa shape index (κ1) is 27.1. The van der Waals surface area contributed by atoms with E-state index < -0.39 is 16.9 Å². The van der Waals surface area contributed by atoms with Gasteiger partial charge in [0.15, 0.2) is 5.78 Å². The molecule has 2 saturated heterocycles. The first-order chi connectivity index (χ1) is 20.4. The first-order valence-electron chi connectivity index (χ1n) is 14.0. The molecule has 0 aliphatic carbocycles. The highest BCUT2D eigenvalue weighted by atomic mass is 35.5. The predicted molar refractivity (Wildman–Crippen MR) is 168 cm³/mol. The van der Waals surface area contributed by atoms with Crippen LogP contribution in [0.5, 0.6) is 0 Å². The highest BCUT2D eigenvalue weighted by Crippen LogP contribution is 2.66. The maximum atomic E-state index is 15.4. The molecule has 0 unspecified atom stereocenters. The summed E-state index contributed by atoms with van der Waals surface area (Å²) in [5, 5.41) is 8.05. The number of anilines is 1. The van der Waals surface area contributed by atoms with Gasteiger partial charge in [0.2, 0.25) is 0 Å². The SMILES string of the molecule is CN1C/C(=C\c2ccccc2Cl)C(=O)[C@]2(C1)[C@@H](c1ccccc1Cl)[C@H](c1ccccc1)N[C@@]21C(=O)Nc2ccccc21. The number of amides is 1. The molecule has 5 nitrogen and oxygen atoms in total. The summed E-state index contributed by atoms with van der Waals surface area (Å²) >= 11 is 13.6. The van der Waals surface area contributed by atoms with Crippen LogP contribution in [-0.2, 0) is 15.1 Å². The number of nitrogens with one attached hydrogen (secondary N) is 2. The minimum Gasteiger partial charge on any atom is -0.324 e. The molecule has 0 aromatic heterocycles. The third-order valence-electron chi connectivity index (χ3n) is 9.12. The zero-order chi connectivity index (χ0) is 29.1. The number of halogens is 2. The summed E-state index contributed by atoms with van der Waals surface area (Å²) < 4.78 is 0. The maximum absolute atomic E-state index is 15.4. The van der Waals surface area contributed by atoms with Gasteiger partial charge in [-0.2, -0.15) is 0 Å². The zero-order valence-electron chi connectivity index (χ0n) is 23.0. The summed E-state index contributed by atoms with van der Waals surface area (Å²) in [6.07, 6.45) is 1.88. The van der Waals surface area contributed by atoms with Crippen molar-refractivity contribution in [3.8, 4) is 0 Å². The van der Waals surface area contributed by atoms with Crippen molar-refractivity contribution in [2.24, 2.45) is 5.41 Å². The lowest BCUT2D eigenvalue weighted by Gasteiger charge is -2.49. The van der Waals surface area contributed by atoms with E-state index in [0.29, 0.717) is 34.4 Å². The molecule has 0 saturated carbocycles. The van der Waals surface area contributed by atoms with E-state index in [-0.39, 0.29) is 17.7 Å². The molecule has 42 heavy (non-hydrogen) atoms. The number of carbonyl (C=O) groups excluding carboxylic acids is 2. The van der Waals surface area contributed by atoms with Crippen LogP contribution >= 0.6 is 23.2 Å². The minimum absolute atomic E-state index is 0.0803. The standard InChI is InChI=1S/C35H29Cl2N3O2/c1-40-20-24(19-23-13-5-8-16-27(23)36)32(41)34(21-40)30(25-14-6-9-17-28(25)37)31(22-11-3-2-4-12-22)39-35(34)26-15-7-10-18-29(26)38-33(35)42/h2-19,30-31,39H,20-21H2,1H3,(H,38,42)/b24-19+/t30-,31-,34-,35-/m0/s1. The van der Waals surface area contributed by atoms with Crippen LogP contribution in [0.3, 0.4) is 0 Å². The van der Waals surface area contributed by atoms with Gasteiger partial charge in [-0.3, -0.25) is 14.9 Å². The van der Waals surface area contributed by atoms with Crippen molar-refractivity contribution in [3.05, 3.63) is 141 Å². The Labute approximate surface area is 255 Å². The van der Waals surface area contributed by atoms with E-state index in [0.717, 1.165) is 22.3 Å². The third kappa shape index (κ3) is 3.85. The fourth-order valence-electron chi connectivity index (χ4n) is 7.54. The topological polar surface area (TPSA) is 61.4 Å². The lowest BCUT2D eigenvalue weighted by atomic mass is 9.55.